The van der Waals surface area contributed by atoms with Crippen LogP contribution in [0.3, 0.4) is 0 Å². The molecule has 1 heterocycles. The number of aromatic hydroxyl groups is 1. The SMILES string of the molecule is NC[C@H](O)c1cc(=O)[nH]c2c(O)cccc12. The van der Waals surface area contributed by atoms with E-state index in [1.54, 1.807) is 12.1 Å². The second-order valence-corrected chi connectivity index (χ2v) is 3.54. The van der Waals surface area contributed by atoms with Gasteiger partial charge < -0.3 is 20.9 Å². The molecule has 16 heavy (non-hydrogen) atoms. The number of aromatic amines is 1. The molecule has 84 valence electrons. The lowest BCUT2D eigenvalue weighted by atomic mass is 10.0. The zero-order chi connectivity index (χ0) is 11.7. The maximum Gasteiger partial charge on any atom is 0.248 e. The average molecular weight is 220 g/mol. The smallest absolute Gasteiger partial charge is 0.248 e. The van der Waals surface area contributed by atoms with Crippen LogP contribution >= 0.6 is 0 Å². The molecule has 2 rings (SSSR count). The van der Waals surface area contributed by atoms with Crippen LogP contribution in [0.1, 0.15) is 11.7 Å². The third kappa shape index (κ3) is 1.66. The average Bonchev–Trinajstić information content (AvgIpc) is 2.28. The van der Waals surface area contributed by atoms with E-state index in [1.807, 2.05) is 0 Å². The van der Waals surface area contributed by atoms with Crippen LogP contribution in [0.2, 0.25) is 0 Å². The molecule has 5 heteroatoms. The molecule has 0 fully saturated rings. The van der Waals surface area contributed by atoms with Crippen molar-refractivity contribution in [3.63, 3.8) is 0 Å². The number of aliphatic hydroxyl groups is 1. The fraction of sp³-hybridized carbons (Fsp3) is 0.182. The molecule has 0 saturated heterocycles. The molecule has 1 aromatic heterocycles. The highest BCUT2D eigenvalue weighted by atomic mass is 16.3. The van der Waals surface area contributed by atoms with Crippen LogP contribution in [0.15, 0.2) is 29.1 Å². The molecule has 1 atom stereocenters. The summed E-state index contributed by atoms with van der Waals surface area (Å²) in [6, 6.07) is 6.11. The Morgan fingerprint density at radius 3 is 2.88 bits per heavy atom. The summed E-state index contributed by atoms with van der Waals surface area (Å²) in [5, 5.41) is 19.9. The first kappa shape index (κ1) is 10.7. The van der Waals surface area contributed by atoms with Gasteiger partial charge in [-0.1, -0.05) is 12.1 Å². The molecule has 0 saturated carbocycles. The second kappa shape index (κ2) is 3.96. The molecule has 0 aliphatic heterocycles. The summed E-state index contributed by atoms with van der Waals surface area (Å²) in [7, 11) is 0. The Labute approximate surface area is 91.2 Å². The van der Waals surface area contributed by atoms with Crippen molar-refractivity contribution in [3.05, 3.63) is 40.2 Å². The topological polar surface area (TPSA) is 99.3 Å². The molecule has 0 aliphatic carbocycles. The van der Waals surface area contributed by atoms with E-state index < -0.39 is 6.10 Å². The van der Waals surface area contributed by atoms with Crippen LogP contribution in [0, 0.1) is 0 Å². The molecule has 0 aliphatic rings. The number of H-pyrrole nitrogens is 1. The van der Waals surface area contributed by atoms with Gasteiger partial charge in [0.1, 0.15) is 5.75 Å². The first-order chi connectivity index (χ1) is 7.63. The lowest BCUT2D eigenvalue weighted by molar-refractivity contribution is 0.188. The Morgan fingerprint density at radius 2 is 2.19 bits per heavy atom. The van der Waals surface area contributed by atoms with Gasteiger partial charge in [-0.05, 0) is 11.6 Å². The van der Waals surface area contributed by atoms with E-state index in [4.69, 9.17) is 5.73 Å². The summed E-state index contributed by atoms with van der Waals surface area (Å²) < 4.78 is 0. The van der Waals surface area contributed by atoms with Crippen molar-refractivity contribution in [2.45, 2.75) is 6.10 Å². The summed E-state index contributed by atoms with van der Waals surface area (Å²) in [6.45, 7) is 0.0220. The number of aliphatic hydroxyl groups excluding tert-OH is 1. The summed E-state index contributed by atoms with van der Waals surface area (Å²) >= 11 is 0. The van der Waals surface area contributed by atoms with Crippen molar-refractivity contribution in [2.75, 3.05) is 6.54 Å². The van der Waals surface area contributed by atoms with E-state index >= 15 is 0 Å². The Balaban J connectivity index is 2.83. The number of para-hydroxylation sites is 1. The van der Waals surface area contributed by atoms with Gasteiger partial charge in [0.25, 0.3) is 0 Å². The zero-order valence-electron chi connectivity index (χ0n) is 8.47. The Morgan fingerprint density at radius 1 is 1.44 bits per heavy atom. The number of phenols is 1. The van der Waals surface area contributed by atoms with Crippen molar-refractivity contribution in [1.29, 1.82) is 0 Å². The van der Waals surface area contributed by atoms with E-state index in [0.717, 1.165) is 0 Å². The predicted octanol–water partition coefficient (Wildman–Crippen LogP) is 0.226. The molecule has 0 amide bonds. The number of pyridine rings is 1. The molecule has 0 unspecified atom stereocenters. The maximum atomic E-state index is 11.4. The van der Waals surface area contributed by atoms with Crippen molar-refractivity contribution >= 4 is 10.9 Å². The normalized spacial score (nSPS) is 12.9. The predicted molar refractivity (Wildman–Crippen MR) is 60.2 cm³/mol. The van der Waals surface area contributed by atoms with Crippen molar-refractivity contribution < 1.29 is 10.2 Å². The standard InChI is InChI=1S/C11H12N2O3/c12-5-9(15)7-4-10(16)13-11-6(7)2-1-3-8(11)14/h1-4,9,14-15H,5,12H2,(H,13,16)/t9-/m0/s1. The van der Waals surface area contributed by atoms with E-state index in [9.17, 15) is 15.0 Å². The minimum atomic E-state index is -0.911. The number of phenolic OH excluding ortho intramolecular Hbond substituents is 1. The minimum absolute atomic E-state index is 0.0220. The molecule has 2 aromatic rings. The fourth-order valence-corrected chi connectivity index (χ4v) is 1.69. The molecule has 1 aromatic carbocycles. The molecule has 5 N–H and O–H groups in total. The van der Waals surface area contributed by atoms with Gasteiger partial charge in [0.2, 0.25) is 5.56 Å². The lowest BCUT2D eigenvalue weighted by Crippen LogP contribution is -2.15. The van der Waals surface area contributed by atoms with Crippen LogP contribution < -0.4 is 11.3 Å². The van der Waals surface area contributed by atoms with Crippen LogP contribution in [0.4, 0.5) is 0 Å². The number of aromatic nitrogens is 1. The molecular formula is C11H12N2O3. The number of rotatable bonds is 2. The number of benzene rings is 1. The zero-order valence-corrected chi connectivity index (χ0v) is 8.47. The quantitative estimate of drug-likeness (QED) is 0.582. The Kier molecular flexibility index (Phi) is 2.64. The highest BCUT2D eigenvalue weighted by Crippen LogP contribution is 2.26. The van der Waals surface area contributed by atoms with Crippen molar-refractivity contribution in [3.8, 4) is 5.75 Å². The molecule has 5 nitrogen and oxygen atoms in total. The first-order valence-electron chi connectivity index (χ1n) is 4.86. The van der Waals surface area contributed by atoms with E-state index in [2.05, 4.69) is 4.98 Å². The third-order valence-corrected chi connectivity index (χ3v) is 2.47. The van der Waals surface area contributed by atoms with Crippen LogP contribution in [0.25, 0.3) is 10.9 Å². The van der Waals surface area contributed by atoms with E-state index in [1.165, 1.54) is 12.1 Å². The summed E-state index contributed by atoms with van der Waals surface area (Å²) in [5.41, 5.74) is 5.73. The van der Waals surface area contributed by atoms with Gasteiger partial charge in [0.05, 0.1) is 11.6 Å². The number of hydrogen-bond donors (Lipinski definition) is 4. The highest BCUT2D eigenvalue weighted by molar-refractivity contribution is 5.87. The monoisotopic (exact) mass is 220 g/mol. The lowest BCUT2D eigenvalue weighted by Gasteiger charge is -2.11. The number of hydrogen-bond acceptors (Lipinski definition) is 4. The fourth-order valence-electron chi connectivity index (χ4n) is 1.69. The molecule has 0 bridgehead atoms. The van der Waals surface area contributed by atoms with Gasteiger partial charge in [0.15, 0.2) is 0 Å². The van der Waals surface area contributed by atoms with Gasteiger partial charge in [0, 0.05) is 18.0 Å². The van der Waals surface area contributed by atoms with Gasteiger partial charge >= 0.3 is 0 Å². The third-order valence-electron chi connectivity index (χ3n) is 2.47. The van der Waals surface area contributed by atoms with Gasteiger partial charge in [-0.15, -0.1) is 0 Å². The van der Waals surface area contributed by atoms with E-state index in [-0.39, 0.29) is 17.9 Å². The molecule has 0 radical (unpaired) electrons. The maximum absolute atomic E-state index is 11.4. The van der Waals surface area contributed by atoms with Gasteiger partial charge in [-0.25, -0.2) is 0 Å². The minimum Gasteiger partial charge on any atom is -0.506 e. The summed E-state index contributed by atoms with van der Waals surface area (Å²) in [4.78, 5) is 13.9. The molecule has 0 spiro atoms. The largest absolute Gasteiger partial charge is 0.506 e. The van der Waals surface area contributed by atoms with Crippen molar-refractivity contribution in [2.24, 2.45) is 5.73 Å². The number of nitrogens with two attached hydrogens (primary N) is 1. The van der Waals surface area contributed by atoms with Crippen LogP contribution in [-0.4, -0.2) is 21.7 Å². The van der Waals surface area contributed by atoms with Gasteiger partial charge in [-0.3, -0.25) is 4.79 Å². The Bertz CT molecular complexity index is 577. The van der Waals surface area contributed by atoms with Crippen LogP contribution in [0.5, 0.6) is 5.75 Å². The highest BCUT2D eigenvalue weighted by Gasteiger charge is 2.12. The molecular weight excluding hydrogens is 208 g/mol. The second-order valence-electron chi connectivity index (χ2n) is 3.54. The van der Waals surface area contributed by atoms with Gasteiger partial charge in [-0.2, -0.15) is 0 Å². The van der Waals surface area contributed by atoms with Crippen LogP contribution in [-0.2, 0) is 0 Å². The number of fused-ring (bicyclic) bond motifs is 1. The summed E-state index contributed by atoms with van der Waals surface area (Å²) in [5.74, 6) is -0.0272. The van der Waals surface area contributed by atoms with Crippen molar-refractivity contribution in [1.82, 2.24) is 4.98 Å². The summed E-state index contributed by atoms with van der Waals surface area (Å²) in [6.07, 6.45) is -0.911. The number of nitrogens with one attached hydrogen (secondary N) is 1. The van der Waals surface area contributed by atoms with E-state index in [0.29, 0.717) is 16.5 Å². The Hall–Kier alpha value is -1.85. The first-order valence-corrected chi connectivity index (χ1v) is 4.86.